The Hall–Kier alpha value is -1.02. The third-order valence-corrected chi connectivity index (χ3v) is 2.75. The van der Waals surface area contributed by atoms with Gasteiger partial charge in [-0.1, -0.05) is 32.5 Å². The Bertz CT molecular complexity index is 311. The van der Waals surface area contributed by atoms with Crippen molar-refractivity contribution in [2.45, 2.75) is 20.8 Å². The van der Waals surface area contributed by atoms with Gasteiger partial charge in [0.05, 0.1) is 11.8 Å². The first kappa shape index (κ1) is 11.1. The van der Waals surface area contributed by atoms with Crippen LogP contribution in [0, 0.1) is 16.7 Å². The summed E-state index contributed by atoms with van der Waals surface area (Å²) in [7, 11) is 0. The molecule has 0 saturated heterocycles. The van der Waals surface area contributed by atoms with E-state index < -0.39 is 0 Å². The van der Waals surface area contributed by atoms with Crippen molar-refractivity contribution in [3.8, 4) is 6.07 Å². The lowest BCUT2D eigenvalue weighted by atomic mass is 9.91. The van der Waals surface area contributed by atoms with Gasteiger partial charge in [0.15, 0.2) is 0 Å². The maximum atomic E-state index is 11.3. The van der Waals surface area contributed by atoms with Gasteiger partial charge in [-0.3, -0.25) is 4.79 Å². The third kappa shape index (κ3) is 2.48. The van der Waals surface area contributed by atoms with Crippen molar-refractivity contribution in [3.05, 3.63) is 0 Å². The van der Waals surface area contributed by atoms with E-state index in [4.69, 9.17) is 5.26 Å². The second-order valence-corrected chi connectivity index (χ2v) is 4.99. The second kappa shape index (κ2) is 4.01. The molecular formula is C9H13N3OS. The van der Waals surface area contributed by atoms with Crippen molar-refractivity contribution < 1.29 is 4.79 Å². The van der Waals surface area contributed by atoms with Gasteiger partial charge in [-0.15, -0.1) is 0 Å². The summed E-state index contributed by atoms with van der Waals surface area (Å²) in [6.45, 7) is 6.18. The summed E-state index contributed by atoms with van der Waals surface area (Å²) in [5.41, 5.74) is 0.916. The summed E-state index contributed by atoms with van der Waals surface area (Å²) in [5.74, 6) is 0.629. The molecule has 1 aliphatic heterocycles. The minimum atomic E-state index is -0.139. The Labute approximate surface area is 88.0 Å². The van der Waals surface area contributed by atoms with Crippen LogP contribution in [0.1, 0.15) is 20.8 Å². The van der Waals surface area contributed by atoms with Crippen LogP contribution in [0.25, 0.3) is 0 Å². The van der Waals surface area contributed by atoms with E-state index in [1.807, 2.05) is 26.8 Å². The van der Waals surface area contributed by atoms with Crippen molar-refractivity contribution in [1.29, 1.82) is 5.26 Å². The largest absolute Gasteiger partial charge is 0.303 e. The van der Waals surface area contributed by atoms with Gasteiger partial charge in [0, 0.05) is 11.2 Å². The van der Waals surface area contributed by atoms with Crippen LogP contribution in [0.3, 0.4) is 0 Å². The summed E-state index contributed by atoms with van der Waals surface area (Å²) in [6, 6.07) is 1.92. The molecule has 0 atom stereocenters. The number of hydrogen-bond donors (Lipinski definition) is 0. The number of hydrazone groups is 1. The van der Waals surface area contributed by atoms with Gasteiger partial charge in [0.1, 0.15) is 6.54 Å². The number of rotatable bonds is 1. The lowest BCUT2D eigenvalue weighted by molar-refractivity contribution is 0.230. The number of carbonyl (C=O) groups excluding carboxylic acids is 1. The normalized spacial score (nSPS) is 17.7. The number of carbonyl (C=O) groups is 1. The van der Waals surface area contributed by atoms with Crippen LogP contribution in [-0.4, -0.2) is 28.3 Å². The van der Waals surface area contributed by atoms with E-state index in [9.17, 15) is 4.79 Å². The lowest BCUT2D eigenvalue weighted by Crippen LogP contribution is -2.35. The fraction of sp³-hybridized carbons (Fsp3) is 0.667. The smallest absolute Gasteiger partial charge is 0.260 e. The van der Waals surface area contributed by atoms with E-state index >= 15 is 0 Å². The molecule has 1 heterocycles. The first-order valence-electron chi connectivity index (χ1n) is 4.34. The molecule has 0 aromatic carbocycles. The molecule has 0 fully saturated rings. The van der Waals surface area contributed by atoms with Gasteiger partial charge in [0.25, 0.3) is 0 Å². The maximum absolute atomic E-state index is 11.3. The molecule has 76 valence electrons. The van der Waals surface area contributed by atoms with Crippen molar-refractivity contribution in [1.82, 2.24) is 5.01 Å². The molecule has 14 heavy (non-hydrogen) atoms. The minimum absolute atomic E-state index is 0.0331. The first-order valence-corrected chi connectivity index (χ1v) is 5.33. The van der Waals surface area contributed by atoms with Crippen molar-refractivity contribution in [2.75, 3.05) is 12.3 Å². The van der Waals surface area contributed by atoms with E-state index in [1.54, 1.807) is 0 Å². The van der Waals surface area contributed by atoms with Gasteiger partial charge in [-0.25, -0.2) is 5.01 Å². The minimum Gasteiger partial charge on any atom is -0.260 e. The zero-order valence-electron chi connectivity index (χ0n) is 8.57. The third-order valence-electron chi connectivity index (χ3n) is 1.87. The van der Waals surface area contributed by atoms with Gasteiger partial charge < -0.3 is 0 Å². The fourth-order valence-electron chi connectivity index (χ4n) is 0.953. The molecule has 0 N–H and O–H groups in total. The van der Waals surface area contributed by atoms with E-state index in [-0.39, 0.29) is 17.2 Å². The number of thioether (sulfide) groups is 1. The van der Waals surface area contributed by atoms with Crippen LogP contribution in [0.15, 0.2) is 5.10 Å². The van der Waals surface area contributed by atoms with Gasteiger partial charge in [0.2, 0.25) is 0 Å². The second-order valence-electron chi connectivity index (χ2n) is 4.07. The first-order chi connectivity index (χ1) is 6.45. The summed E-state index contributed by atoms with van der Waals surface area (Å²) in [6.07, 6.45) is 0. The zero-order valence-corrected chi connectivity index (χ0v) is 9.39. The monoisotopic (exact) mass is 211 g/mol. The molecule has 1 aliphatic rings. The van der Waals surface area contributed by atoms with Gasteiger partial charge in [-0.05, 0) is 0 Å². The molecule has 0 unspecified atom stereocenters. The van der Waals surface area contributed by atoms with Crippen molar-refractivity contribution in [3.63, 3.8) is 0 Å². The molecule has 0 aromatic rings. The number of nitriles is 1. The molecule has 0 aliphatic carbocycles. The fourth-order valence-corrected chi connectivity index (χ4v) is 1.96. The maximum Gasteiger partial charge on any atom is 0.303 e. The molecule has 0 radical (unpaired) electrons. The predicted octanol–water partition coefficient (Wildman–Crippen LogP) is 2.08. The summed E-state index contributed by atoms with van der Waals surface area (Å²) >= 11 is 1.21. The Kier molecular flexibility index (Phi) is 3.17. The Morgan fingerprint density at radius 1 is 1.64 bits per heavy atom. The number of nitrogens with zero attached hydrogens (tertiary/aromatic N) is 3. The molecule has 0 saturated carbocycles. The highest BCUT2D eigenvalue weighted by atomic mass is 32.2. The zero-order chi connectivity index (χ0) is 10.8. The number of amides is 1. The average Bonchev–Trinajstić information content (AvgIpc) is 2.07. The van der Waals surface area contributed by atoms with Crippen LogP contribution in [0.5, 0.6) is 0 Å². The quantitative estimate of drug-likeness (QED) is 0.624. The molecule has 4 nitrogen and oxygen atoms in total. The predicted molar refractivity (Wildman–Crippen MR) is 57.1 cm³/mol. The van der Waals surface area contributed by atoms with E-state index in [0.717, 1.165) is 5.71 Å². The van der Waals surface area contributed by atoms with Gasteiger partial charge >= 0.3 is 5.24 Å². The highest BCUT2D eigenvalue weighted by Gasteiger charge is 2.27. The molecule has 1 amide bonds. The Morgan fingerprint density at radius 2 is 2.29 bits per heavy atom. The van der Waals surface area contributed by atoms with Crippen molar-refractivity contribution in [2.24, 2.45) is 10.5 Å². The van der Waals surface area contributed by atoms with E-state index in [0.29, 0.717) is 5.75 Å². The molecule has 0 spiro atoms. The molecule has 0 bridgehead atoms. The topological polar surface area (TPSA) is 56.5 Å². The SMILES string of the molecule is CC(C)(C)C1=NN(CC#N)C(=O)SC1. The highest BCUT2D eigenvalue weighted by molar-refractivity contribution is 8.14. The molecule has 1 rings (SSSR count). The molecule has 0 aromatic heterocycles. The van der Waals surface area contributed by atoms with Crippen LogP contribution in [0.4, 0.5) is 4.79 Å². The molecule has 5 heteroatoms. The summed E-state index contributed by atoms with van der Waals surface area (Å²) in [4.78, 5) is 11.3. The lowest BCUT2D eigenvalue weighted by Gasteiger charge is -2.27. The Morgan fingerprint density at radius 3 is 2.79 bits per heavy atom. The van der Waals surface area contributed by atoms with Crippen LogP contribution in [-0.2, 0) is 0 Å². The van der Waals surface area contributed by atoms with E-state index in [2.05, 4.69) is 5.10 Å². The van der Waals surface area contributed by atoms with Gasteiger partial charge in [-0.2, -0.15) is 10.4 Å². The highest BCUT2D eigenvalue weighted by Crippen LogP contribution is 2.25. The Balaban J connectivity index is 2.86. The molecular weight excluding hydrogens is 198 g/mol. The standard InChI is InChI=1S/C9H13N3OS/c1-9(2,3)7-6-14-8(13)12(11-7)5-4-10/h5-6H2,1-3H3. The van der Waals surface area contributed by atoms with Crippen LogP contribution in [0.2, 0.25) is 0 Å². The van der Waals surface area contributed by atoms with E-state index in [1.165, 1.54) is 16.8 Å². The summed E-state index contributed by atoms with van der Waals surface area (Å²) in [5, 5.41) is 13.8. The summed E-state index contributed by atoms with van der Waals surface area (Å²) < 4.78 is 0. The van der Waals surface area contributed by atoms with Crippen molar-refractivity contribution >= 4 is 22.7 Å². The van der Waals surface area contributed by atoms with Crippen LogP contribution >= 0.6 is 11.8 Å². The number of hydrogen-bond acceptors (Lipinski definition) is 4. The van der Waals surface area contributed by atoms with Crippen LogP contribution < -0.4 is 0 Å². The average molecular weight is 211 g/mol.